The zero-order valence-corrected chi connectivity index (χ0v) is 13.6. The van der Waals surface area contributed by atoms with Gasteiger partial charge in [0.05, 0.1) is 18.9 Å². The van der Waals surface area contributed by atoms with Gasteiger partial charge in [0.1, 0.15) is 0 Å². The molecule has 0 amide bonds. The van der Waals surface area contributed by atoms with Crippen molar-refractivity contribution in [1.82, 2.24) is 14.4 Å². The average molecular weight is 313 g/mol. The Labute approximate surface area is 131 Å². The molecule has 1 aromatic heterocycles. The first-order valence-electron chi connectivity index (χ1n) is 7.47. The Morgan fingerprint density at radius 3 is 2.41 bits per heavy atom. The summed E-state index contributed by atoms with van der Waals surface area (Å²) in [5, 5.41) is 28.8. The molecule has 1 heterocycles. The van der Waals surface area contributed by atoms with Crippen LogP contribution in [0.5, 0.6) is 5.75 Å². The number of aliphatic hydroxyl groups is 2. The molecule has 0 aromatic carbocycles. The van der Waals surface area contributed by atoms with Crippen LogP contribution in [0.3, 0.4) is 0 Å². The summed E-state index contributed by atoms with van der Waals surface area (Å²) in [4.78, 5) is 15.8. The third kappa shape index (κ3) is 4.81. The largest absolute Gasteiger partial charge is 0.503 e. The van der Waals surface area contributed by atoms with Crippen LogP contribution >= 0.6 is 0 Å². The van der Waals surface area contributed by atoms with Crippen molar-refractivity contribution in [2.24, 2.45) is 0 Å². The van der Waals surface area contributed by atoms with Crippen molar-refractivity contribution in [1.29, 1.82) is 0 Å². The summed E-state index contributed by atoms with van der Waals surface area (Å²) < 4.78 is 1.79. The predicted octanol–water partition coefficient (Wildman–Crippen LogP) is -0.578. The SMILES string of the molecule is CCN(CCO)Cc1c(O)c(=O)cc(CO)n1CCN(C)C. The van der Waals surface area contributed by atoms with Gasteiger partial charge in [-0.2, -0.15) is 0 Å². The van der Waals surface area contributed by atoms with Crippen LogP contribution in [0, 0.1) is 0 Å². The molecule has 0 saturated carbocycles. The van der Waals surface area contributed by atoms with Crippen molar-refractivity contribution in [3.8, 4) is 5.75 Å². The highest BCUT2D eigenvalue weighted by molar-refractivity contribution is 5.30. The summed E-state index contributed by atoms with van der Waals surface area (Å²) in [7, 11) is 3.87. The lowest BCUT2D eigenvalue weighted by molar-refractivity contribution is 0.189. The van der Waals surface area contributed by atoms with Crippen LogP contribution in [0.2, 0.25) is 0 Å². The number of aliphatic hydroxyl groups excluding tert-OH is 2. The zero-order valence-electron chi connectivity index (χ0n) is 13.6. The van der Waals surface area contributed by atoms with Crippen molar-refractivity contribution >= 4 is 0 Å². The van der Waals surface area contributed by atoms with Crippen molar-refractivity contribution < 1.29 is 15.3 Å². The Morgan fingerprint density at radius 2 is 1.91 bits per heavy atom. The fraction of sp³-hybridized carbons (Fsp3) is 0.667. The van der Waals surface area contributed by atoms with Gasteiger partial charge in [0, 0.05) is 37.9 Å². The maximum absolute atomic E-state index is 11.9. The first kappa shape index (κ1) is 18.6. The van der Waals surface area contributed by atoms with E-state index in [0.717, 1.165) is 0 Å². The monoisotopic (exact) mass is 313 g/mol. The van der Waals surface area contributed by atoms with Gasteiger partial charge in [0.15, 0.2) is 5.75 Å². The highest BCUT2D eigenvalue weighted by Crippen LogP contribution is 2.17. The van der Waals surface area contributed by atoms with E-state index in [1.54, 1.807) is 4.57 Å². The Morgan fingerprint density at radius 1 is 1.23 bits per heavy atom. The maximum Gasteiger partial charge on any atom is 0.223 e. The maximum atomic E-state index is 11.9. The number of rotatable bonds is 9. The van der Waals surface area contributed by atoms with E-state index in [-0.39, 0.29) is 19.0 Å². The number of aromatic nitrogens is 1. The highest BCUT2D eigenvalue weighted by atomic mass is 16.3. The van der Waals surface area contributed by atoms with Crippen LogP contribution in [0.1, 0.15) is 18.3 Å². The van der Waals surface area contributed by atoms with E-state index in [0.29, 0.717) is 44.1 Å². The molecule has 3 N–H and O–H groups in total. The standard InChI is InChI=1S/C15H27N3O4/c1-4-17(7-8-19)10-13-15(22)14(21)9-12(11-20)18(13)6-5-16(2)3/h9,19-20,22H,4-8,10-11H2,1-3H3. The van der Waals surface area contributed by atoms with Crippen LogP contribution in [-0.4, -0.2) is 70.0 Å². The predicted molar refractivity (Wildman–Crippen MR) is 84.9 cm³/mol. The van der Waals surface area contributed by atoms with Gasteiger partial charge in [-0.1, -0.05) is 6.92 Å². The minimum atomic E-state index is -0.486. The van der Waals surface area contributed by atoms with E-state index in [1.807, 2.05) is 30.8 Å². The van der Waals surface area contributed by atoms with Gasteiger partial charge in [0.25, 0.3) is 0 Å². The topological polar surface area (TPSA) is 89.2 Å². The Hall–Kier alpha value is -1.41. The summed E-state index contributed by atoms with van der Waals surface area (Å²) in [6, 6.07) is 1.27. The number of hydrogen-bond donors (Lipinski definition) is 3. The molecule has 0 radical (unpaired) electrons. The molecule has 126 valence electrons. The Bertz CT molecular complexity index is 528. The highest BCUT2D eigenvalue weighted by Gasteiger charge is 2.17. The second kappa shape index (κ2) is 8.89. The van der Waals surface area contributed by atoms with E-state index in [9.17, 15) is 15.0 Å². The zero-order chi connectivity index (χ0) is 16.7. The van der Waals surface area contributed by atoms with Gasteiger partial charge >= 0.3 is 0 Å². The molecule has 0 atom stereocenters. The molecule has 0 unspecified atom stereocenters. The van der Waals surface area contributed by atoms with Crippen molar-refractivity contribution in [3.05, 3.63) is 27.7 Å². The lowest BCUT2D eigenvalue weighted by Gasteiger charge is -2.25. The summed E-state index contributed by atoms with van der Waals surface area (Å²) in [6.07, 6.45) is 0. The number of nitrogens with zero attached hydrogens (tertiary/aromatic N) is 3. The van der Waals surface area contributed by atoms with Crippen LogP contribution < -0.4 is 5.43 Å². The van der Waals surface area contributed by atoms with Gasteiger partial charge in [-0.3, -0.25) is 9.69 Å². The van der Waals surface area contributed by atoms with E-state index >= 15 is 0 Å². The molecule has 0 aliphatic heterocycles. The molecule has 0 aliphatic carbocycles. The second-order valence-electron chi connectivity index (χ2n) is 5.50. The van der Waals surface area contributed by atoms with E-state index < -0.39 is 5.43 Å². The van der Waals surface area contributed by atoms with Crippen LogP contribution in [-0.2, 0) is 19.7 Å². The van der Waals surface area contributed by atoms with Gasteiger partial charge < -0.3 is 24.8 Å². The molecule has 1 rings (SSSR count). The van der Waals surface area contributed by atoms with E-state index in [4.69, 9.17) is 5.11 Å². The molecule has 0 fully saturated rings. The third-order valence-electron chi connectivity index (χ3n) is 3.65. The van der Waals surface area contributed by atoms with Crippen LogP contribution in [0.15, 0.2) is 10.9 Å². The smallest absolute Gasteiger partial charge is 0.223 e. The molecule has 0 bridgehead atoms. The molecule has 22 heavy (non-hydrogen) atoms. The van der Waals surface area contributed by atoms with Gasteiger partial charge in [-0.25, -0.2) is 0 Å². The summed E-state index contributed by atoms with van der Waals surface area (Å²) in [5.41, 5.74) is 0.480. The molecular formula is C15H27N3O4. The second-order valence-corrected chi connectivity index (χ2v) is 5.50. The Kier molecular flexibility index (Phi) is 7.53. The van der Waals surface area contributed by atoms with E-state index in [2.05, 4.69) is 0 Å². The number of hydrogen-bond acceptors (Lipinski definition) is 6. The van der Waals surface area contributed by atoms with Gasteiger partial charge in [-0.05, 0) is 20.6 Å². The summed E-state index contributed by atoms with van der Waals surface area (Å²) in [6.45, 7) is 4.46. The number of pyridine rings is 1. The molecule has 0 saturated heterocycles. The van der Waals surface area contributed by atoms with Crippen LogP contribution in [0.25, 0.3) is 0 Å². The fourth-order valence-electron chi connectivity index (χ4n) is 2.31. The van der Waals surface area contributed by atoms with Crippen molar-refractivity contribution in [3.63, 3.8) is 0 Å². The quantitative estimate of drug-likeness (QED) is 0.565. The fourth-order valence-corrected chi connectivity index (χ4v) is 2.31. The van der Waals surface area contributed by atoms with Gasteiger partial charge in [0.2, 0.25) is 5.43 Å². The minimum Gasteiger partial charge on any atom is -0.503 e. The molecule has 1 aromatic rings. The Balaban J connectivity index is 3.24. The van der Waals surface area contributed by atoms with Crippen molar-refractivity contribution in [2.45, 2.75) is 26.6 Å². The molecule has 0 spiro atoms. The lowest BCUT2D eigenvalue weighted by atomic mass is 10.2. The van der Waals surface area contributed by atoms with Crippen molar-refractivity contribution in [2.75, 3.05) is 40.3 Å². The third-order valence-corrected chi connectivity index (χ3v) is 3.65. The minimum absolute atomic E-state index is 0.0101. The lowest BCUT2D eigenvalue weighted by Crippen LogP contribution is -2.31. The molecular weight excluding hydrogens is 286 g/mol. The molecule has 7 nitrogen and oxygen atoms in total. The normalized spacial score (nSPS) is 11.6. The summed E-state index contributed by atoms with van der Waals surface area (Å²) >= 11 is 0. The number of aromatic hydroxyl groups is 1. The average Bonchev–Trinajstić information content (AvgIpc) is 2.49. The van der Waals surface area contributed by atoms with Gasteiger partial charge in [-0.15, -0.1) is 0 Å². The first-order valence-corrected chi connectivity index (χ1v) is 7.47. The molecule has 0 aliphatic rings. The first-order chi connectivity index (χ1) is 10.4. The number of likely N-dealkylation sites (N-methyl/N-ethyl adjacent to an activating group) is 2. The van der Waals surface area contributed by atoms with E-state index in [1.165, 1.54) is 6.07 Å². The van der Waals surface area contributed by atoms with Crippen LogP contribution in [0.4, 0.5) is 0 Å². The molecule has 7 heteroatoms. The summed E-state index contributed by atoms with van der Waals surface area (Å²) in [5.74, 6) is -0.285.